The van der Waals surface area contributed by atoms with Crippen molar-refractivity contribution in [3.05, 3.63) is 77.9 Å². The average molecular weight is 368 g/mol. The Labute approximate surface area is 165 Å². The normalized spacial score (nSPS) is 11.1. The Balaban J connectivity index is 2.04. The fourth-order valence-electron chi connectivity index (χ4n) is 4.00. The quantitative estimate of drug-likeness (QED) is 0.356. The molecule has 0 heterocycles. The molecule has 4 aromatic carbocycles. The highest BCUT2D eigenvalue weighted by molar-refractivity contribution is 6.10. The summed E-state index contributed by atoms with van der Waals surface area (Å²) in [5.74, 6) is 1.04. The number of rotatable bonds is 5. The van der Waals surface area contributed by atoms with Gasteiger partial charge in [0.15, 0.2) is 5.78 Å². The number of ether oxygens (including phenoxy) is 1. The van der Waals surface area contributed by atoms with Gasteiger partial charge in [-0.3, -0.25) is 4.79 Å². The van der Waals surface area contributed by atoms with Gasteiger partial charge in [-0.1, -0.05) is 61.5 Å². The summed E-state index contributed by atoms with van der Waals surface area (Å²) in [6.45, 7) is 4.17. The van der Waals surface area contributed by atoms with E-state index in [9.17, 15) is 4.79 Å². The van der Waals surface area contributed by atoms with E-state index in [1.54, 1.807) is 7.11 Å². The zero-order chi connectivity index (χ0) is 19.7. The molecular formula is C26H24O2. The molecular weight excluding hydrogens is 344 g/mol. The smallest absolute Gasteiger partial charge is 0.162 e. The maximum atomic E-state index is 12.4. The fourth-order valence-corrected chi connectivity index (χ4v) is 4.00. The van der Waals surface area contributed by atoms with Gasteiger partial charge in [-0.2, -0.15) is 0 Å². The van der Waals surface area contributed by atoms with Crippen molar-refractivity contribution in [1.82, 2.24) is 0 Å². The maximum Gasteiger partial charge on any atom is 0.162 e. The Bertz CT molecular complexity index is 1190. The molecule has 0 amide bonds. The van der Waals surface area contributed by atoms with E-state index < -0.39 is 0 Å². The van der Waals surface area contributed by atoms with Crippen LogP contribution in [-0.4, -0.2) is 12.9 Å². The van der Waals surface area contributed by atoms with Crippen molar-refractivity contribution >= 4 is 27.3 Å². The third-order valence-corrected chi connectivity index (χ3v) is 5.39. The lowest BCUT2D eigenvalue weighted by molar-refractivity contribution is 0.0982. The molecule has 0 aromatic heterocycles. The molecule has 0 aliphatic rings. The Morgan fingerprint density at radius 3 is 2.39 bits per heavy atom. The summed E-state index contributed by atoms with van der Waals surface area (Å²) in [4.78, 5) is 12.4. The first-order chi connectivity index (χ1) is 13.6. The van der Waals surface area contributed by atoms with Crippen LogP contribution < -0.4 is 4.74 Å². The van der Waals surface area contributed by atoms with Gasteiger partial charge < -0.3 is 4.74 Å². The van der Waals surface area contributed by atoms with Crippen molar-refractivity contribution in [2.75, 3.05) is 7.11 Å². The number of benzene rings is 4. The van der Waals surface area contributed by atoms with Crippen LogP contribution in [0.3, 0.4) is 0 Å². The van der Waals surface area contributed by atoms with Crippen molar-refractivity contribution in [3.63, 3.8) is 0 Å². The standard InChI is InChI=1S/C26H24O2/c1-4-7-23(27)20-12-14-22-19(16-20)13-15-24(28-3)26(22)25-17(2)10-11-18-8-5-6-9-21(18)25/h5-6,8-16H,4,7H2,1-3H3. The number of fused-ring (bicyclic) bond motifs is 2. The highest BCUT2D eigenvalue weighted by Crippen LogP contribution is 2.42. The molecule has 0 unspecified atom stereocenters. The average Bonchev–Trinajstić information content (AvgIpc) is 2.73. The number of carbonyl (C=O) groups is 1. The van der Waals surface area contributed by atoms with E-state index in [2.05, 4.69) is 49.4 Å². The van der Waals surface area contributed by atoms with Crippen LogP contribution in [0.2, 0.25) is 0 Å². The molecule has 2 nitrogen and oxygen atoms in total. The third-order valence-electron chi connectivity index (χ3n) is 5.39. The van der Waals surface area contributed by atoms with Gasteiger partial charge >= 0.3 is 0 Å². The maximum absolute atomic E-state index is 12.4. The summed E-state index contributed by atoms with van der Waals surface area (Å²) in [7, 11) is 1.71. The van der Waals surface area contributed by atoms with Crippen LogP contribution >= 0.6 is 0 Å². The van der Waals surface area contributed by atoms with Gasteiger partial charge in [0.25, 0.3) is 0 Å². The summed E-state index contributed by atoms with van der Waals surface area (Å²) < 4.78 is 5.76. The van der Waals surface area contributed by atoms with E-state index in [0.717, 1.165) is 34.1 Å². The molecule has 0 atom stereocenters. The van der Waals surface area contributed by atoms with Crippen molar-refractivity contribution in [2.24, 2.45) is 0 Å². The molecule has 28 heavy (non-hydrogen) atoms. The lowest BCUT2D eigenvalue weighted by atomic mass is 9.89. The van der Waals surface area contributed by atoms with E-state index >= 15 is 0 Å². The van der Waals surface area contributed by atoms with Crippen LogP contribution in [0.25, 0.3) is 32.7 Å². The lowest BCUT2D eigenvalue weighted by Gasteiger charge is -2.17. The monoisotopic (exact) mass is 368 g/mol. The number of hydrogen-bond acceptors (Lipinski definition) is 2. The van der Waals surface area contributed by atoms with Crippen LogP contribution in [0, 0.1) is 6.92 Å². The van der Waals surface area contributed by atoms with Crippen LogP contribution in [0.15, 0.2) is 66.7 Å². The number of hydrogen-bond donors (Lipinski definition) is 0. The van der Waals surface area contributed by atoms with Gasteiger partial charge in [0.2, 0.25) is 0 Å². The van der Waals surface area contributed by atoms with Crippen LogP contribution in [-0.2, 0) is 0 Å². The van der Waals surface area contributed by atoms with E-state index in [-0.39, 0.29) is 5.78 Å². The fraction of sp³-hybridized carbons (Fsp3) is 0.192. The molecule has 0 saturated heterocycles. The number of carbonyl (C=O) groups excluding carboxylic acids is 1. The molecule has 0 N–H and O–H groups in total. The van der Waals surface area contributed by atoms with Crippen LogP contribution in [0.5, 0.6) is 5.75 Å². The van der Waals surface area contributed by atoms with Crippen molar-refractivity contribution in [3.8, 4) is 16.9 Å². The predicted molar refractivity (Wildman–Crippen MR) is 117 cm³/mol. The second-order valence-electron chi connectivity index (χ2n) is 7.23. The predicted octanol–water partition coefficient (Wildman–Crippen LogP) is 6.96. The highest BCUT2D eigenvalue weighted by Gasteiger charge is 2.17. The summed E-state index contributed by atoms with van der Waals surface area (Å²) in [5.41, 5.74) is 4.26. The van der Waals surface area contributed by atoms with Crippen molar-refractivity contribution < 1.29 is 9.53 Å². The molecule has 140 valence electrons. The Morgan fingerprint density at radius 1 is 0.857 bits per heavy atom. The van der Waals surface area contributed by atoms with Gasteiger partial charge in [-0.15, -0.1) is 0 Å². The van der Waals surface area contributed by atoms with Gasteiger partial charge in [-0.25, -0.2) is 0 Å². The van der Waals surface area contributed by atoms with Crippen molar-refractivity contribution in [1.29, 1.82) is 0 Å². The van der Waals surface area contributed by atoms with Gasteiger partial charge in [0, 0.05) is 17.5 Å². The van der Waals surface area contributed by atoms with Crippen molar-refractivity contribution in [2.45, 2.75) is 26.7 Å². The molecule has 4 rings (SSSR count). The molecule has 4 aromatic rings. The van der Waals surface area contributed by atoms with Gasteiger partial charge in [0.05, 0.1) is 7.11 Å². The molecule has 2 heteroatoms. The second-order valence-corrected chi connectivity index (χ2v) is 7.23. The number of methoxy groups -OCH3 is 1. The minimum Gasteiger partial charge on any atom is -0.496 e. The minimum absolute atomic E-state index is 0.197. The second kappa shape index (κ2) is 7.47. The SMILES string of the molecule is CCCC(=O)c1ccc2c(-c3c(C)ccc4ccccc34)c(OC)ccc2c1. The molecule has 0 aliphatic carbocycles. The molecule has 0 saturated carbocycles. The van der Waals surface area contributed by atoms with E-state index in [4.69, 9.17) is 4.74 Å². The summed E-state index contributed by atoms with van der Waals surface area (Å²) in [6.07, 6.45) is 1.44. The zero-order valence-electron chi connectivity index (χ0n) is 16.6. The first-order valence-electron chi connectivity index (χ1n) is 9.76. The van der Waals surface area contributed by atoms with E-state index in [1.165, 1.54) is 21.9 Å². The highest BCUT2D eigenvalue weighted by atomic mass is 16.5. The number of ketones is 1. The molecule has 0 radical (unpaired) electrons. The summed E-state index contributed by atoms with van der Waals surface area (Å²) in [5, 5.41) is 4.58. The van der Waals surface area contributed by atoms with Gasteiger partial charge in [-0.05, 0) is 58.1 Å². The first kappa shape index (κ1) is 18.2. The Kier molecular flexibility index (Phi) is 4.87. The Morgan fingerprint density at radius 2 is 1.61 bits per heavy atom. The molecule has 0 fully saturated rings. The lowest BCUT2D eigenvalue weighted by Crippen LogP contribution is -1.99. The zero-order valence-corrected chi connectivity index (χ0v) is 16.6. The molecule has 0 aliphatic heterocycles. The number of aryl methyl sites for hydroxylation is 1. The largest absolute Gasteiger partial charge is 0.496 e. The van der Waals surface area contributed by atoms with E-state index in [1.807, 2.05) is 31.2 Å². The first-order valence-corrected chi connectivity index (χ1v) is 9.76. The Hall–Kier alpha value is -3.13. The minimum atomic E-state index is 0.197. The topological polar surface area (TPSA) is 26.3 Å². The van der Waals surface area contributed by atoms with E-state index in [0.29, 0.717) is 6.42 Å². The molecule has 0 bridgehead atoms. The van der Waals surface area contributed by atoms with Crippen LogP contribution in [0.4, 0.5) is 0 Å². The summed E-state index contributed by atoms with van der Waals surface area (Å²) >= 11 is 0. The molecule has 0 spiro atoms. The summed E-state index contributed by atoms with van der Waals surface area (Å²) in [6, 6.07) is 22.8. The van der Waals surface area contributed by atoms with Crippen LogP contribution in [0.1, 0.15) is 35.7 Å². The number of Topliss-reactive ketones (excluding diaryl/α,β-unsaturated/α-hetero) is 1. The third kappa shape index (κ3) is 3.05. The van der Waals surface area contributed by atoms with Gasteiger partial charge in [0.1, 0.15) is 5.75 Å².